The summed E-state index contributed by atoms with van der Waals surface area (Å²) in [4.78, 5) is 21.2. The van der Waals surface area contributed by atoms with E-state index in [1.54, 1.807) is 0 Å². The molecule has 7 nitrogen and oxygen atoms in total. The van der Waals surface area contributed by atoms with Gasteiger partial charge in [-0.1, -0.05) is 20.3 Å². The first-order valence-corrected chi connectivity index (χ1v) is 9.35. The van der Waals surface area contributed by atoms with Crippen LogP contribution in [0.15, 0.2) is 18.6 Å². The van der Waals surface area contributed by atoms with E-state index in [9.17, 15) is 4.79 Å². The minimum Gasteiger partial charge on any atom is -0.328 e. The Bertz CT molecular complexity index is 833. The average Bonchev–Trinajstić information content (AvgIpc) is 3.10. The lowest BCUT2D eigenvalue weighted by Gasteiger charge is -2.25. The van der Waals surface area contributed by atoms with Gasteiger partial charge in [0.05, 0.1) is 11.9 Å². The highest BCUT2D eigenvalue weighted by Gasteiger charge is 2.32. The molecule has 1 saturated carbocycles. The number of hydrogen-bond acceptors (Lipinski definition) is 5. The highest BCUT2D eigenvalue weighted by atomic mass is 35.5. The molecule has 0 radical (unpaired) electrons. The Morgan fingerprint density at radius 3 is 2.93 bits per heavy atom. The molecule has 3 heterocycles. The van der Waals surface area contributed by atoms with Crippen LogP contribution >= 0.6 is 12.4 Å². The van der Waals surface area contributed by atoms with E-state index in [-0.39, 0.29) is 35.7 Å². The lowest BCUT2D eigenvalue weighted by molar-refractivity contribution is -0.120. The molecule has 4 rings (SSSR count). The van der Waals surface area contributed by atoms with Crippen molar-refractivity contribution < 1.29 is 4.79 Å². The number of carbonyl (C=O) groups is 1. The van der Waals surface area contributed by atoms with E-state index in [4.69, 9.17) is 5.73 Å². The van der Waals surface area contributed by atoms with E-state index in [1.807, 2.05) is 12.3 Å². The summed E-state index contributed by atoms with van der Waals surface area (Å²) in [6.07, 6.45) is 7.98. The maximum atomic E-state index is 12.5. The molecule has 8 heteroatoms. The van der Waals surface area contributed by atoms with Gasteiger partial charge in [0, 0.05) is 35.8 Å². The number of amides is 1. The Morgan fingerprint density at radius 2 is 2.15 bits per heavy atom. The zero-order valence-corrected chi connectivity index (χ0v) is 16.6. The third-order valence-corrected chi connectivity index (χ3v) is 5.45. The van der Waals surface area contributed by atoms with Gasteiger partial charge in [0.2, 0.25) is 5.91 Å². The second-order valence-corrected chi connectivity index (χ2v) is 8.40. The standard InChI is InChI=1S/C19H26N6O.ClH/c1-19(2)8-16-14(9-23-25(16)10-19)15-7-17(22-11-21-15)24-18(26)12-4-3-5-13(20)6-12;/h7,9,11-13H,3-6,8,10,20H2,1-2H3,(H,21,22,24,26);1H/t12-,13+;/m0./s1. The molecule has 1 fully saturated rings. The van der Waals surface area contributed by atoms with Crippen LogP contribution in [-0.4, -0.2) is 31.7 Å². The highest BCUT2D eigenvalue weighted by molar-refractivity contribution is 5.92. The summed E-state index contributed by atoms with van der Waals surface area (Å²) in [5, 5.41) is 7.44. The Hall–Kier alpha value is -1.99. The fourth-order valence-corrected chi connectivity index (χ4v) is 4.13. The Morgan fingerprint density at radius 1 is 1.33 bits per heavy atom. The normalized spacial score (nSPS) is 23.4. The molecular formula is C19H27ClN6O. The van der Waals surface area contributed by atoms with Crippen molar-refractivity contribution in [2.75, 3.05) is 5.32 Å². The fourth-order valence-electron chi connectivity index (χ4n) is 4.13. The van der Waals surface area contributed by atoms with Gasteiger partial charge in [0.1, 0.15) is 12.1 Å². The molecule has 2 aliphatic rings. The van der Waals surface area contributed by atoms with Gasteiger partial charge in [0.25, 0.3) is 0 Å². The third kappa shape index (κ3) is 4.14. The number of nitrogens with two attached hydrogens (primary N) is 1. The molecule has 0 unspecified atom stereocenters. The van der Waals surface area contributed by atoms with Crippen molar-refractivity contribution >= 4 is 24.1 Å². The van der Waals surface area contributed by atoms with Crippen molar-refractivity contribution in [1.82, 2.24) is 19.7 Å². The smallest absolute Gasteiger partial charge is 0.228 e. The Balaban J connectivity index is 0.00000210. The summed E-state index contributed by atoms with van der Waals surface area (Å²) < 4.78 is 2.05. The molecule has 27 heavy (non-hydrogen) atoms. The minimum atomic E-state index is -0.0293. The van der Waals surface area contributed by atoms with Crippen LogP contribution < -0.4 is 11.1 Å². The predicted molar refractivity (Wildman–Crippen MR) is 107 cm³/mol. The van der Waals surface area contributed by atoms with Crippen LogP contribution in [-0.2, 0) is 17.8 Å². The van der Waals surface area contributed by atoms with Crippen LogP contribution in [0.4, 0.5) is 5.82 Å². The Kier molecular flexibility index (Phi) is 5.53. The van der Waals surface area contributed by atoms with Gasteiger partial charge < -0.3 is 11.1 Å². The van der Waals surface area contributed by atoms with Crippen LogP contribution in [0.5, 0.6) is 0 Å². The van der Waals surface area contributed by atoms with Gasteiger partial charge in [-0.3, -0.25) is 9.48 Å². The van der Waals surface area contributed by atoms with E-state index in [1.165, 1.54) is 12.0 Å². The number of fused-ring (bicyclic) bond motifs is 1. The van der Waals surface area contributed by atoms with Gasteiger partial charge in [-0.15, -0.1) is 12.4 Å². The van der Waals surface area contributed by atoms with Crippen molar-refractivity contribution in [2.45, 2.75) is 58.5 Å². The molecule has 2 atom stereocenters. The minimum absolute atomic E-state index is 0. The molecule has 1 amide bonds. The molecule has 1 aliphatic heterocycles. The monoisotopic (exact) mass is 390 g/mol. The first kappa shape index (κ1) is 19.8. The summed E-state index contributed by atoms with van der Waals surface area (Å²) in [6, 6.07) is 1.96. The molecule has 0 bridgehead atoms. The van der Waals surface area contributed by atoms with Gasteiger partial charge in [-0.25, -0.2) is 9.97 Å². The first-order valence-electron chi connectivity index (χ1n) is 9.35. The van der Waals surface area contributed by atoms with E-state index in [0.717, 1.165) is 49.9 Å². The van der Waals surface area contributed by atoms with Gasteiger partial charge in [0.15, 0.2) is 0 Å². The number of nitrogens with zero attached hydrogens (tertiary/aromatic N) is 4. The van der Waals surface area contributed by atoms with E-state index in [0.29, 0.717) is 5.82 Å². The molecule has 2 aromatic rings. The second-order valence-electron chi connectivity index (χ2n) is 8.40. The summed E-state index contributed by atoms with van der Waals surface area (Å²) >= 11 is 0. The number of aromatic nitrogens is 4. The van der Waals surface area contributed by atoms with Crippen molar-refractivity contribution in [3.63, 3.8) is 0 Å². The number of rotatable bonds is 3. The van der Waals surface area contributed by atoms with Crippen LogP contribution in [0, 0.1) is 11.3 Å². The average molecular weight is 391 g/mol. The summed E-state index contributed by atoms with van der Waals surface area (Å²) in [7, 11) is 0. The highest BCUT2D eigenvalue weighted by Crippen LogP contribution is 2.36. The molecule has 0 saturated heterocycles. The van der Waals surface area contributed by atoms with Crippen LogP contribution in [0.3, 0.4) is 0 Å². The quantitative estimate of drug-likeness (QED) is 0.839. The zero-order chi connectivity index (χ0) is 18.3. The van der Waals surface area contributed by atoms with Crippen molar-refractivity contribution in [3.8, 4) is 11.3 Å². The molecule has 3 N–H and O–H groups in total. The van der Waals surface area contributed by atoms with Gasteiger partial charge in [-0.05, 0) is 31.1 Å². The first-order chi connectivity index (χ1) is 12.4. The third-order valence-electron chi connectivity index (χ3n) is 5.45. The molecular weight excluding hydrogens is 364 g/mol. The van der Waals surface area contributed by atoms with Crippen LogP contribution in [0.2, 0.25) is 0 Å². The molecule has 1 aliphatic carbocycles. The van der Waals surface area contributed by atoms with Crippen molar-refractivity contribution in [3.05, 3.63) is 24.3 Å². The van der Waals surface area contributed by atoms with Gasteiger partial charge >= 0.3 is 0 Å². The molecule has 0 aromatic carbocycles. The Labute approximate surface area is 165 Å². The van der Waals surface area contributed by atoms with Gasteiger partial charge in [-0.2, -0.15) is 5.10 Å². The van der Waals surface area contributed by atoms with Crippen LogP contribution in [0.25, 0.3) is 11.3 Å². The second kappa shape index (κ2) is 7.56. The summed E-state index contributed by atoms with van der Waals surface area (Å²) in [6.45, 7) is 5.40. The summed E-state index contributed by atoms with van der Waals surface area (Å²) in [5.74, 6) is 0.515. The summed E-state index contributed by atoms with van der Waals surface area (Å²) in [5.41, 5.74) is 9.23. The van der Waals surface area contributed by atoms with E-state index < -0.39 is 0 Å². The number of nitrogens with one attached hydrogen (secondary N) is 1. The zero-order valence-electron chi connectivity index (χ0n) is 15.8. The number of hydrogen-bond donors (Lipinski definition) is 2. The lowest BCUT2D eigenvalue weighted by Crippen LogP contribution is -2.34. The number of anilines is 1. The molecule has 2 aromatic heterocycles. The van der Waals surface area contributed by atoms with Crippen molar-refractivity contribution in [2.24, 2.45) is 17.1 Å². The maximum Gasteiger partial charge on any atom is 0.228 e. The van der Waals surface area contributed by atoms with E-state index in [2.05, 4.69) is 38.9 Å². The van der Waals surface area contributed by atoms with Crippen LogP contribution in [0.1, 0.15) is 45.2 Å². The topological polar surface area (TPSA) is 98.7 Å². The largest absolute Gasteiger partial charge is 0.328 e. The molecule has 0 spiro atoms. The molecule has 146 valence electrons. The number of halogens is 1. The van der Waals surface area contributed by atoms with Crippen molar-refractivity contribution in [1.29, 1.82) is 0 Å². The fraction of sp³-hybridized carbons (Fsp3) is 0.579. The lowest BCUT2D eigenvalue weighted by atomic mass is 9.85. The predicted octanol–water partition coefficient (Wildman–Crippen LogP) is 2.80. The number of carbonyl (C=O) groups excluding carboxylic acids is 1. The SMILES string of the molecule is CC1(C)Cc2c(-c3cc(NC(=O)[C@H]4CCC[C@@H](N)C4)ncn3)cnn2C1.Cl. The maximum absolute atomic E-state index is 12.5. The van der Waals surface area contributed by atoms with E-state index >= 15 is 0 Å².